The van der Waals surface area contributed by atoms with Gasteiger partial charge >= 0.3 is 0 Å². The fourth-order valence-electron chi connectivity index (χ4n) is 2.70. The predicted octanol–water partition coefficient (Wildman–Crippen LogP) is 4.33. The van der Waals surface area contributed by atoms with Crippen molar-refractivity contribution in [3.8, 4) is 0 Å². The van der Waals surface area contributed by atoms with E-state index in [-0.39, 0.29) is 21.4 Å². The molecule has 1 aromatic carbocycles. The zero-order chi connectivity index (χ0) is 13.2. The highest BCUT2D eigenvalue weighted by Crippen LogP contribution is 2.44. The molecule has 0 aromatic heterocycles. The number of hydrogen-bond donors (Lipinski definition) is 0. The summed E-state index contributed by atoms with van der Waals surface area (Å²) in [5.41, 5.74) is 1.44. The Morgan fingerprint density at radius 3 is 2.39 bits per heavy atom. The lowest BCUT2D eigenvalue weighted by Gasteiger charge is -2.29. The van der Waals surface area contributed by atoms with Crippen molar-refractivity contribution in [3.05, 3.63) is 39.9 Å². The van der Waals surface area contributed by atoms with E-state index in [2.05, 4.69) is 6.92 Å². The lowest BCUT2D eigenvalue weighted by molar-refractivity contribution is -0.384. The van der Waals surface area contributed by atoms with Crippen LogP contribution in [0.15, 0.2) is 24.3 Å². The largest absolute Gasteiger partial charge is 0.269 e. The monoisotopic (exact) mass is 267 g/mol. The number of non-ortho nitro benzene ring substituents is 1. The molecule has 98 valence electrons. The smallest absolute Gasteiger partial charge is 0.258 e. The molecule has 0 aliphatic heterocycles. The minimum absolute atomic E-state index is 0.112. The van der Waals surface area contributed by atoms with Gasteiger partial charge in [-0.2, -0.15) is 0 Å². The molecule has 1 saturated carbocycles. The summed E-state index contributed by atoms with van der Waals surface area (Å²) in [7, 11) is 0. The number of alkyl halides is 1. The van der Waals surface area contributed by atoms with Gasteiger partial charge in [0.2, 0.25) is 0 Å². The molecule has 1 fully saturated rings. The van der Waals surface area contributed by atoms with Crippen LogP contribution in [0, 0.1) is 15.5 Å². The molecule has 1 aliphatic rings. The van der Waals surface area contributed by atoms with Crippen LogP contribution in [-0.4, -0.2) is 10.3 Å². The summed E-state index contributed by atoms with van der Waals surface area (Å²) >= 11 is 6.53. The van der Waals surface area contributed by atoms with Crippen LogP contribution in [0.25, 0.3) is 0 Å². The summed E-state index contributed by atoms with van der Waals surface area (Å²) < 4.78 is 0. The molecule has 0 spiro atoms. The van der Waals surface area contributed by atoms with Gasteiger partial charge in [-0.15, -0.1) is 11.6 Å². The van der Waals surface area contributed by atoms with Gasteiger partial charge in [0.25, 0.3) is 5.69 Å². The molecule has 3 nitrogen and oxygen atoms in total. The molecule has 1 aliphatic carbocycles. The van der Waals surface area contributed by atoms with E-state index in [0.29, 0.717) is 0 Å². The number of nitro groups is 1. The number of hydrogen-bond acceptors (Lipinski definition) is 2. The van der Waals surface area contributed by atoms with Crippen molar-refractivity contribution in [2.45, 2.75) is 44.4 Å². The Balaban J connectivity index is 2.02. The Labute approximate surface area is 112 Å². The van der Waals surface area contributed by atoms with Crippen molar-refractivity contribution in [2.24, 2.45) is 5.41 Å². The van der Waals surface area contributed by atoms with Gasteiger partial charge in [0.1, 0.15) is 0 Å². The predicted molar refractivity (Wildman–Crippen MR) is 73.0 cm³/mol. The molecule has 0 radical (unpaired) electrons. The molecule has 0 heterocycles. The number of halogens is 1. The molecule has 0 N–H and O–H groups in total. The molecular weight excluding hydrogens is 250 g/mol. The van der Waals surface area contributed by atoms with Crippen LogP contribution in [0.2, 0.25) is 0 Å². The molecule has 0 saturated heterocycles. The quantitative estimate of drug-likeness (QED) is 0.463. The Bertz CT molecular complexity index is 424. The Hall–Kier alpha value is -1.09. The van der Waals surface area contributed by atoms with Gasteiger partial charge in [-0.3, -0.25) is 10.1 Å². The van der Waals surface area contributed by atoms with E-state index in [0.717, 1.165) is 12.0 Å². The normalized spacial score (nSPS) is 19.7. The van der Waals surface area contributed by atoms with E-state index in [1.807, 2.05) is 12.1 Å². The maximum Gasteiger partial charge on any atom is 0.269 e. The van der Waals surface area contributed by atoms with E-state index >= 15 is 0 Å². The average molecular weight is 268 g/mol. The number of benzene rings is 1. The van der Waals surface area contributed by atoms with Gasteiger partial charge in [0.15, 0.2) is 0 Å². The van der Waals surface area contributed by atoms with Gasteiger partial charge in [0.05, 0.1) is 4.92 Å². The van der Waals surface area contributed by atoms with Crippen LogP contribution in [-0.2, 0) is 6.42 Å². The van der Waals surface area contributed by atoms with Crippen LogP contribution in [0.4, 0.5) is 5.69 Å². The molecule has 1 atom stereocenters. The molecule has 4 heteroatoms. The van der Waals surface area contributed by atoms with E-state index < -0.39 is 0 Å². The highest BCUT2D eigenvalue weighted by Gasteiger charge is 2.35. The van der Waals surface area contributed by atoms with Crippen molar-refractivity contribution >= 4 is 17.3 Å². The van der Waals surface area contributed by atoms with Crippen molar-refractivity contribution in [1.82, 2.24) is 0 Å². The molecular formula is C14H18ClNO2. The van der Waals surface area contributed by atoms with Crippen LogP contribution in [0.5, 0.6) is 0 Å². The first-order valence-corrected chi connectivity index (χ1v) is 6.82. The van der Waals surface area contributed by atoms with Gasteiger partial charge in [-0.1, -0.05) is 31.9 Å². The topological polar surface area (TPSA) is 43.1 Å². The standard InChI is InChI=1S/C14H18ClNO2/c1-14(8-2-3-9-14)13(15)10-11-4-6-12(7-5-11)16(17)18/h4-7,13H,2-3,8-10H2,1H3. The fraction of sp³-hybridized carbons (Fsp3) is 0.571. The number of nitro benzene ring substituents is 1. The summed E-state index contributed by atoms with van der Waals surface area (Å²) in [4.78, 5) is 10.2. The first-order chi connectivity index (χ1) is 8.51. The summed E-state index contributed by atoms with van der Waals surface area (Å²) in [6.45, 7) is 2.25. The summed E-state index contributed by atoms with van der Waals surface area (Å²) in [5.74, 6) is 0. The lowest BCUT2D eigenvalue weighted by Crippen LogP contribution is -2.26. The maximum atomic E-state index is 10.6. The average Bonchev–Trinajstić information content (AvgIpc) is 2.78. The van der Waals surface area contributed by atoms with Crippen molar-refractivity contribution in [2.75, 3.05) is 0 Å². The highest BCUT2D eigenvalue weighted by molar-refractivity contribution is 6.21. The third-order valence-electron chi connectivity index (χ3n) is 4.06. The summed E-state index contributed by atoms with van der Waals surface area (Å²) in [6.07, 6.45) is 5.69. The Morgan fingerprint density at radius 1 is 1.33 bits per heavy atom. The van der Waals surface area contributed by atoms with E-state index in [9.17, 15) is 10.1 Å². The molecule has 1 aromatic rings. The second-order valence-electron chi connectivity index (χ2n) is 5.46. The van der Waals surface area contributed by atoms with Crippen LogP contribution >= 0.6 is 11.6 Å². The zero-order valence-electron chi connectivity index (χ0n) is 10.6. The summed E-state index contributed by atoms with van der Waals surface area (Å²) in [6, 6.07) is 6.73. The first-order valence-electron chi connectivity index (χ1n) is 6.39. The van der Waals surface area contributed by atoms with Crippen LogP contribution in [0.3, 0.4) is 0 Å². The number of nitrogens with zero attached hydrogens (tertiary/aromatic N) is 1. The number of rotatable bonds is 4. The Kier molecular flexibility index (Phi) is 3.91. The molecule has 0 bridgehead atoms. The van der Waals surface area contributed by atoms with Crippen LogP contribution < -0.4 is 0 Å². The van der Waals surface area contributed by atoms with Crippen molar-refractivity contribution in [1.29, 1.82) is 0 Å². The molecule has 18 heavy (non-hydrogen) atoms. The minimum atomic E-state index is -0.375. The lowest BCUT2D eigenvalue weighted by atomic mass is 9.82. The third kappa shape index (κ3) is 2.83. The van der Waals surface area contributed by atoms with Gasteiger partial charge in [0, 0.05) is 17.5 Å². The van der Waals surface area contributed by atoms with Crippen molar-refractivity contribution in [3.63, 3.8) is 0 Å². The third-order valence-corrected chi connectivity index (χ3v) is 4.75. The highest BCUT2D eigenvalue weighted by atomic mass is 35.5. The fourth-order valence-corrected chi connectivity index (χ4v) is 3.10. The minimum Gasteiger partial charge on any atom is -0.258 e. The zero-order valence-corrected chi connectivity index (χ0v) is 11.3. The van der Waals surface area contributed by atoms with E-state index in [4.69, 9.17) is 11.6 Å². The maximum absolute atomic E-state index is 10.6. The Morgan fingerprint density at radius 2 is 1.89 bits per heavy atom. The van der Waals surface area contributed by atoms with Crippen LogP contribution in [0.1, 0.15) is 38.2 Å². The molecule has 2 rings (SSSR count). The van der Waals surface area contributed by atoms with Gasteiger partial charge in [-0.05, 0) is 30.2 Å². The van der Waals surface area contributed by atoms with Crippen molar-refractivity contribution < 1.29 is 4.92 Å². The molecule has 0 amide bonds. The SMILES string of the molecule is CC1(C(Cl)Cc2ccc([N+](=O)[O-])cc2)CCCC1. The summed E-state index contributed by atoms with van der Waals surface area (Å²) in [5, 5.41) is 10.7. The second kappa shape index (κ2) is 5.27. The van der Waals surface area contributed by atoms with E-state index in [1.54, 1.807) is 12.1 Å². The van der Waals surface area contributed by atoms with Gasteiger partial charge < -0.3 is 0 Å². The first kappa shape index (κ1) is 13.3. The van der Waals surface area contributed by atoms with Gasteiger partial charge in [-0.25, -0.2) is 0 Å². The molecule has 1 unspecified atom stereocenters. The second-order valence-corrected chi connectivity index (χ2v) is 5.98. The van der Waals surface area contributed by atoms with E-state index in [1.165, 1.54) is 25.7 Å².